The number of aryl methyl sites for hydroxylation is 4. The summed E-state index contributed by atoms with van der Waals surface area (Å²) in [5, 5.41) is 0. The first-order chi connectivity index (χ1) is 11.7. The molecule has 25 heavy (non-hydrogen) atoms. The zero-order valence-electron chi connectivity index (χ0n) is 15.8. The summed E-state index contributed by atoms with van der Waals surface area (Å²) in [4.78, 5) is 0.377. The van der Waals surface area contributed by atoms with Crippen molar-refractivity contribution in [1.82, 2.24) is 4.72 Å². The van der Waals surface area contributed by atoms with Crippen LogP contribution in [-0.4, -0.2) is 15.5 Å². The van der Waals surface area contributed by atoms with Gasteiger partial charge in [-0.3, -0.25) is 0 Å². The third kappa shape index (κ3) is 4.22. The fraction of sp³-hybridized carbons (Fsp3) is 0.400. The molecule has 0 aliphatic carbocycles. The second kappa shape index (κ2) is 7.58. The molecule has 0 amide bonds. The van der Waals surface area contributed by atoms with Crippen LogP contribution < -0.4 is 9.46 Å². The van der Waals surface area contributed by atoms with Crippen molar-refractivity contribution in [2.75, 3.05) is 7.11 Å². The molecule has 2 rings (SSSR count). The van der Waals surface area contributed by atoms with E-state index in [2.05, 4.69) is 4.72 Å². The molecule has 0 radical (unpaired) electrons. The molecular weight excluding hydrogens is 334 g/mol. The Morgan fingerprint density at radius 1 is 1.00 bits per heavy atom. The summed E-state index contributed by atoms with van der Waals surface area (Å²) >= 11 is 0. The van der Waals surface area contributed by atoms with Crippen molar-refractivity contribution in [2.24, 2.45) is 0 Å². The van der Waals surface area contributed by atoms with Crippen molar-refractivity contribution in [3.05, 3.63) is 58.1 Å². The molecule has 0 saturated heterocycles. The average molecular weight is 362 g/mol. The minimum absolute atomic E-state index is 0.283. The summed E-state index contributed by atoms with van der Waals surface area (Å²) in [6, 6.07) is 9.29. The average Bonchev–Trinajstić information content (AvgIpc) is 2.51. The molecule has 5 heteroatoms. The maximum atomic E-state index is 13.0. The predicted molar refractivity (Wildman–Crippen MR) is 102 cm³/mol. The molecule has 1 N–H and O–H groups in total. The maximum absolute atomic E-state index is 13.0. The lowest BCUT2D eigenvalue weighted by molar-refractivity contribution is 0.411. The highest BCUT2D eigenvalue weighted by atomic mass is 32.2. The lowest BCUT2D eigenvalue weighted by Gasteiger charge is -2.21. The van der Waals surface area contributed by atoms with Gasteiger partial charge in [0.15, 0.2) is 0 Å². The SMILES string of the molecule is CC[C@@H](NS(=O)(=O)c1c(C)cc(C)cc1C)c1ccc(OC)c(C)c1. The molecule has 4 nitrogen and oxygen atoms in total. The fourth-order valence-electron chi connectivity index (χ4n) is 3.34. The van der Waals surface area contributed by atoms with Gasteiger partial charge in [-0.05, 0) is 62.4 Å². The molecule has 0 spiro atoms. The Kier molecular flexibility index (Phi) is 5.91. The van der Waals surface area contributed by atoms with Crippen LogP contribution >= 0.6 is 0 Å². The minimum Gasteiger partial charge on any atom is -0.496 e. The van der Waals surface area contributed by atoms with Crippen LogP contribution in [0, 0.1) is 27.7 Å². The second-order valence-corrected chi connectivity index (χ2v) is 8.19. The van der Waals surface area contributed by atoms with Gasteiger partial charge in [0.05, 0.1) is 12.0 Å². The smallest absolute Gasteiger partial charge is 0.241 e. The molecule has 0 bridgehead atoms. The van der Waals surface area contributed by atoms with E-state index in [9.17, 15) is 8.42 Å². The lowest BCUT2D eigenvalue weighted by atomic mass is 10.0. The van der Waals surface area contributed by atoms with Crippen molar-refractivity contribution in [3.8, 4) is 5.75 Å². The van der Waals surface area contributed by atoms with E-state index in [1.807, 2.05) is 65.0 Å². The second-order valence-electron chi connectivity index (χ2n) is 6.54. The number of sulfonamides is 1. The third-order valence-corrected chi connectivity index (χ3v) is 6.18. The minimum atomic E-state index is -3.61. The molecule has 0 aliphatic rings. The van der Waals surface area contributed by atoms with E-state index in [1.54, 1.807) is 7.11 Å². The van der Waals surface area contributed by atoms with Gasteiger partial charge in [0.25, 0.3) is 0 Å². The van der Waals surface area contributed by atoms with Gasteiger partial charge in [-0.1, -0.05) is 36.8 Å². The summed E-state index contributed by atoms with van der Waals surface area (Å²) in [7, 11) is -1.98. The van der Waals surface area contributed by atoms with E-state index < -0.39 is 10.0 Å². The Hall–Kier alpha value is -1.85. The molecule has 1 atom stereocenters. The van der Waals surface area contributed by atoms with Gasteiger partial charge in [0.1, 0.15) is 5.75 Å². The lowest BCUT2D eigenvalue weighted by Crippen LogP contribution is -2.29. The van der Waals surface area contributed by atoms with Crippen LogP contribution in [-0.2, 0) is 10.0 Å². The summed E-state index contributed by atoms with van der Waals surface area (Å²) in [5.74, 6) is 0.798. The largest absolute Gasteiger partial charge is 0.496 e. The standard InChI is InChI=1S/C20H27NO3S/c1-7-18(17-8-9-19(24-6)14(3)12-17)21-25(22,23)20-15(4)10-13(2)11-16(20)5/h8-12,18,21H,7H2,1-6H3/t18-/m1/s1. The van der Waals surface area contributed by atoms with Gasteiger partial charge >= 0.3 is 0 Å². The summed E-state index contributed by atoms with van der Waals surface area (Å²) in [6.45, 7) is 9.58. The molecule has 0 fully saturated rings. The molecule has 0 heterocycles. The van der Waals surface area contributed by atoms with E-state index in [-0.39, 0.29) is 6.04 Å². The Morgan fingerprint density at radius 3 is 2.08 bits per heavy atom. The van der Waals surface area contributed by atoms with Crippen molar-refractivity contribution in [2.45, 2.75) is 52.0 Å². The van der Waals surface area contributed by atoms with E-state index in [0.29, 0.717) is 11.3 Å². The highest BCUT2D eigenvalue weighted by molar-refractivity contribution is 7.89. The molecule has 0 saturated carbocycles. The van der Waals surface area contributed by atoms with Gasteiger partial charge in [-0.15, -0.1) is 0 Å². The van der Waals surface area contributed by atoms with Crippen LogP contribution in [0.25, 0.3) is 0 Å². The van der Waals surface area contributed by atoms with Crippen LogP contribution in [0.1, 0.15) is 47.2 Å². The normalized spacial score (nSPS) is 12.9. The Labute approximate surface area is 151 Å². The van der Waals surface area contributed by atoms with Crippen LogP contribution in [0.2, 0.25) is 0 Å². The fourth-order valence-corrected chi connectivity index (χ4v) is 5.10. The topological polar surface area (TPSA) is 55.4 Å². The van der Waals surface area contributed by atoms with E-state index in [1.165, 1.54) is 0 Å². The monoisotopic (exact) mass is 361 g/mol. The zero-order chi connectivity index (χ0) is 18.8. The Bertz CT molecular complexity index is 850. The highest BCUT2D eigenvalue weighted by Gasteiger charge is 2.24. The first kappa shape index (κ1) is 19.5. The van der Waals surface area contributed by atoms with Crippen LogP contribution in [0.4, 0.5) is 0 Å². The molecule has 0 aliphatic heterocycles. The summed E-state index contributed by atoms with van der Waals surface area (Å²) in [6.07, 6.45) is 0.662. The number of hydrogen-bond acceptors (Lipinski definition) is 3. The van der Waals surface area contributed by atoms with Crippen molar-refractivity contribution in [1.29, 1.82) is 0 Å². The molecular formula is C20H27NO3S. The molecule has 0 aromatic heterocycles. The van der Waals surface area contributed by atoms with Crippen molar-refractivity contribution in [3.63, 3.8) is 0 Å². The number of methoxy groups -OCH3 is 1. The van der Waals surface area contributed by atoms with Crippen LogP contribution in [0.3, 0.4) is 0 Å². The van der Waals surface area contributed by atoms with Crippen molar-refractivity contribution >= 4 is 10.0 Å². The number of hydrogen-bond donors (Lipinski definition) is 1. The molecule has 2 aromatic carbocycles. The number of nitrogens with one attached hydrogen (secondary N) is 1. The first-order valence-electron chi connectivity index (χ1n) is 8.44. The molecule has 136 valence electrons. The number of rotatable bonds is 6. The summed E-state index contributed by atoms with van der Waals surface area (Å²) in [5.41, 5.74) is 4.52. The van der Waals surface area contributed by atoms with E-state index >= 15 is 0 Å². The van der Waals surface area contributed by atoms with Crippen molar-refractivity contribution < 1.29 is 13.2 Å². The van der Waals surface area contributed by atoms with Gasteiger partial charge in [0.2, 0.25) is 10.0 Å². The number of ether oxygens (including phenoxy) is 1. The van der Waals surface area contributed by atoms with Crippen LogP contribution in [0.5, 0.6) is 5.75 Å². The Morgan fingerprint density at radius 2 is 1.60 bits per heavy atom. The van der Waals surface area contributed by atoms with Crippen LogP contribution in [0.15, 0.2) is 35.2 Å². The van der Waals surface area contributed by atoms with Gasteiger partial charge in [-0.25, -0.2) is 13.1 Å². The zero-order valence-corrected chi connectivity index (χ0v) is 16.6. The van der Waals surface area contributed by atoms with E-state index in [0.717, 1.165) is 33.6 Å². The molecule has 0 unspecified atom stereocenters. The Balaban J connectivity index is 2.40. The van der Waals surface area contributed by atoms with Gasteiger partial charge in [-0.2, -0.15) is 0 Å². The summed E-state index contributed by atoms with van der Waals surface area (Å²) < 4.78 is 34.2. The first-order valence-corrected chi connectivity index (χ1v) is 9.92. The number of benzene rings is 2. The maximum Gasteiger partial charge on any atom is 0.241 e. The van der Waals surface area contributed by atoms with Gasteiger partial charge < -0.3 is 4.74 Å². The predicted octanol–water partition coefficient (Wildman–Crippen LogP) is 4.36. The molecule has 2 aromatic rings. The van der Waals surface area contributed by atoms with Gasteiger partial charge in [0, 0.05) is 6.04 Å². The third-order valence-electron chi connectivity index (χ3n) is 4.40. The van der Waals surface area contributed by atoms with E-state index in [4.69, 9.17) is 4.74 Å². The highest BCUT2D eigenvalue weighted by Crippen LogP contribution is 2.28. The quantitative estimate of drug-likeness (QED) is 0.832.